The Kier molecular flexibility index (Phi) is 5.61. The average molecular weight is 348 g/mol. The third-order valence-corrected chi connectivity index (χ3v) is 3.93. The van der Waals surface area contributed by atoms with Gasteiger partial charge in [-0.25, -0.2) is 0 Å². The van der Waals surface area contributed by atoms with Gasteiger partial charge in [0.25, 0.3) is 5.22 Å². The first kappa shape index (κ1) is 18.0. The highest BCUT2D eigenvalue weighted by Crippen LogP contribution is 2.27. The Morgan fingerprint density at radius 2 is 1.79 bits per heavy atom. The summed E-state index contributed by atoms with van der Waals surface area (Å²) >= 11 is 1.10. The van der Waals surface area contributed by atoms with Gasteiger partial charge in [0.2, 0.25) is 17.7 Å². The highest BCUT2D eigenvalue weighted by molar-refractivity contribution is 7.99. The summed E-state index contributed by atoms with van der Waals surface area (Å²) in [6.45, 7) is 7.75. The van der Waals surface area contributed by atoms with Gasteiger partial charge in [-0.1, -0.05) is 44.7 Å². The number of nitrogens with zero attached hydrogens (tertiary/aromatic N) is 2. The van der Waals surface area contributed by atoms with Crippen molar-refractivity contribution in [2.75, 3.05) is 5.75 Å². The summed E-state index contributed by atoms with van der Waals surface area (Å²) in [4.78, 5) is 22.2. The van der Waals surface area contributed by atoms with Crippen molar-refractivity contribution in [3.8, 4) is 11.5 Å². The molecule has 1 aromatic heterocycles. The Morgan fingerprint density at radius 1 is 1.12 bits per heavy atom. The normalized spacial score (nSPS) is 11.2. The predicted octanol–water partition coefficient (Wildman–Crippen LogP) is 2.29. The van der Waals surface area contributed by atoms with Gasteiger partial charge >= 0.3 is 0 Å². The van der Waals surface area contributed by atoms with Crippen LogP contribution in [0.15, 0.2) is 33.9 Å². The standard InChI is InChI=1S/C16H20N4O3S/c1-10(21)17-18-13(22)9-24-15-20-19-14(23-15)11-5-7-12(8-6-11)16(2,3)4/h5-8H,9H2,1-4H3,(H,17,21)(H,18,22). The number of amides is 2. The Morgan fingerprint density at radius 3 is 2.38 bits per heavy atom. The second-order valence-corrected chi connectivity index (χ2v) is 7.15. The van der Waals surface area contributed by atoms with Gasteiger partial charge in [0, 0.05) is 12.5 Å². The second kappa shape index (κ2) is 7.48. The van der Waals surface area contributed by atoms with Crippen LogP contribution >= 0.6 is 11.8 Å². The third kappa shape index (κ3) is 5.09. The van der Waals surface area contributed by atoms with Gasteiger partial charge < -0.3 is 4.42 Å². The summed E-state index contributed by atoms with van der Waals surface area (Å²) in [6, 6.07) is 7.94. The molecule has 0 aliphatic heterocycles. The van der Waals surface area contributed by atoms with E-state index in [0.29, 0.717) is 11.1 Å². The molecule has 0 bridgehead atoms. The van der Waals surface area contributed by atoms with Crippen LogP contribution in [0.3, 0.4) is 0 Å². The van der Waals surface area contributed by atoms with E-state index in [1.165, 1.54) is 12.5 Å². The number of hydrogen-bond donors (Lipinski definition) is 2. The lowest BCUT2D eigenvalue weighted by Gasteiger charge is -2.18. The maximum absolute atomic E-state index is 11.5. The number of carbonyl (C=O) groups excluding carboxylic acids is 2. The Bertz CT molecular complexity index is 720. The fourth-order valence-corrected chi connectivity index (χ4v) is 2.38. The number of carbonyl (C=O) groups is 2. The molecule has 2 N–H and O–H groups in total. The molecule has 0 fully saturated rings. The number of aromatic nitrogens is 2. The first-order chi connectivity index (χ1) is 11.3. The zero-order valence-electron chi connectivity index (χ0n) is 14.0. The van der Waals surface area contributed by atoms with Gasteiger partial charge in [-0.3, -0.25) is 20.4 Å². The summed E-state index contributed by atoms with van der Waals surface area (Å²) in [5.41, 5.74) is 6.59. The van der Waals surface area contributed by atoms with E-state index in [-0.39, 0.29) is 23.0 Å². The lowest BCUT2D eigenvalue weighted by molar-refractivity contribution is -0.126. The van der Waals surface area contributed by atoms with Crippen molar-refractivity contribution in [2.24, 2.45) is 0 Å². The maximum Gasteiger partial charge on any atom is 0.277 e. The Balaban J connectivity index is 1.95. The minimum Gasteiger partial charge on any atom is -0.411 e. The third-order valence-electron chi connectivity index (χ3n) is 3.11. The van der Waals surface area contributed by atoms with E-state index in [4.69, 9.17) is 4.42 Å². The summed E-state index contributed by atoms with van der Waals surface area (Å²) in [5, 5.41) is 8.20. The molecular formula is C16H20N4O3S. The molecule has 0 spiro atoms. The van der Waals surface area contributed by atoms with Crippen LogP contribution in [-0.2, 0) is 15.0 Å². The maximum atomic E-state index is 11.5. The molecule has 2 amide bonds. The molecule has 0 atom stereocenters. The summed E-state index contributed by atoms with van der Waals surface area (Å²) in [5.74, 6) is -0.234. The van der Waals surface area contributed by atoms with Crippen molar-refractivity contribution < 1.29 is 14.0 Å². The molecule has 1 aromatic carbocycles. The molecule has 7 nitrogen and oxygen atoms in total. The number of benzene rings is 1. The van der Waals surface area contributed by atoms with Gasteiger partial charge in [0.1, 0.15) is 0 Å². The average Bonchev–Trinajstić information content (AvgIpc) is 2.99. The Labute approximate surface area is 144 Å². The first-order valence-electron chi connectivity index (χ1n) is 7.38. The van der Waals surface area contributed by atoms with E-state index in [0.717, 1.165) is 17.3 Å². The van der Waals surface area contributed by atoms with Gasteiger partial charge in [-0.15, -0.1) is 10.2 Å². The first-order valence-corrected chi connectivity index (χ1v) is 8.37. The minimum absolute atomic E-state index is 0.0604. The van der Waals surface area contributed by atoms with Crippen molar-refractivity contribution >= 4 is 23.6 Å². The minimum atomic E-state index is -0.357. The van der Waals surface area contributed by atoms with Crippen LogP contribution < -0.4 is 10.9 Å². The summed E-state index contributed by atoms with van der Waals surface area (Å²) in [7, 11) is 0. The van der Waals surface area contributed by atoms with E-state index in [9.17, 15) is 9.59 Å². The molecule has 0 radical (unpaired) electrons. The number of thioether (sulfide) groups is 1. The molecule has 128 valence electrons. The van der Waals surface area contributed by atoms with Crippen molar-refractivity contribution in [1.29, 1.82) is 0 Å². The lowest BCUT2D eigenvalue weighted by Crippen LogP contribution is -2.41. The molecule has 8 heteroatoms. The van der Waals surface area contributed by atoms with Crippen molar-refractivity contribution in [3.05, 3.63) is 29.8 Å². The number of nitrogens with one attached hydrogen (secondary N) is 2. The highest BCUT2D eigenvalue weighted by Gasteiger charge is 2.15. The van der Waals surface area contributed by atoms with Crippen LogP contribution in [0.25, 0.3) is 11.5 Å². The largest absolute Gasteiger partial charge is 0.411 e. The second-order valence-electron chi connectivity index (χ2n) is 6.22. The summed E-state index contributed by atoms with van der Waals surface area (Å²) < 4.78 is 5.54. The van der Waals surface area contributed by atoms with Crippen LogP contribution in [0.1, 0.15) is 33.3 Å². The smallest absolute Gasteiger partial charge is 0.277 e. The number of rotatable bonds is 4. The molecule has 0 aliphatic carbocycles. The molecular weight excluding hydrogens is 328 g/mol. The molecule has 0 unspecified atom stereocenters. The topological polar surface area (TPSA) is 97.1 Å². The quantitative estimate of drug-likeness (QED) is 0.650. The molecule has 1 heterocycles. The zero-order chi connectivity index (χ0) is 17.7. The number of hydrazine groups is 1. The van der Waals surface area contributed by atoms with Crippen LogP contribution in [0.5, 0.6) is 0 Å². The number of hydrogen-bond acceptors (Lipinski definition) is 6. The molecule has 24 heavy (non-hydrogen) atoms. The molecule has 0 saturated heterocycles. The van der Waals surface area contributed by atoms with Gasteiger partial charge in [-0.05, 0) is 23.1 Å². The van der Waals surface area contributed by atoms with E-state index >= 15 is 0 Å². The van der Waals surface area contributed by atoms with Gasteiger partial charge in [0.15, 0.2) is 0 Å². The molecule has 2 rings (SSSR count). The predicted molar refractivity (Wildman–Crippen MR) is 91.1 cm³/mol. The highest BCUT2D eigenvalue weighted by atomic mass is 32.2. The van der Waals surface area contributed by atoms with Crippen LogP contribution in [0.2, 0.25) is 0 Å². The van der Waals surface area contributed by atoms with Gasteiger partial charge in [0.05, 0.1) is 5.75 Å². The van der Waals surface area contributed by atoms with Gasteiger partial charge in [-0.2, -0.15) is 0 Å². The lowest BCUT2D eigenvalue weighted by atomic mass is 9.87. The van der Waals surface area contributed by atoms with E-state index in [1.807, 2.05) is 24.3 Å². The summed E-state index contributed by atoms with van der Waals surface area (Å²) in [6.07, 6.45) is 0. The fraction of sp³-hybridized carbons (Fsp3) is 0.375. The van der Waals surface area contributed by atoms with Crippen molar-refractivity contribution in [1.82, 2.24) is 21.0 Å². The molecule has 2 aromatic rings. The van der Waals surface area contributed by atoms with E-state index in [2.05, 4.69) is 41.8 Å². The van der Waals surface area contributed by atoms with E-state index < -0.39 is 0 Å². The monoisotopic (exact) mass is 348 g/mol. The van der Waals surface area contributed by atoms with Crippen LogP contribution in [0, 0.1) is 0 Å². The zero-order valence-corrected chi connectivity index (χ0v) is 14.9. The fourth-order valence-electron chi connectivity index (χ4n) is 1.82. The van der Waals surface area contributed by atoms with Crippen molar-refractivity contribution in [3.63, 3.8) is 0 Å². The van der Waals surface area contributed by atoms with Crippen LogP contribution in [-0.4, -0.2) is 27.8 Å². The molecule has 0 saturated carbocycles. The Hall–Kier alpha value is -2.35. The SMILES string of the molecule is CC(=O)NNC(=O)CSc1nnc(-c2ccc(C(C)(C)C)cc2)o1. The van der Waals surface area contributed by atoms with Crippen molar-refractivity contribution in [2.45, 2.75) is 38.3 Å². The van der Waals surface area contributed by atoms with E-state index in [1.54, 1.807) is 0 Å². The molecule has 0 aliphatic rings. The van der Waals surface area contributed by atoms with Crippen LogP contribution in [0.4, 0.5) is 0 Å².